The van der Waals surface area contributed by atoms with Crippen molar-refractivity contribution in [2.45, 2.75) is 19.4 Å². The Balaban J connectivity index is 2.52. The number of rotatable bonds is 2. The van der Waals surface area contributed by atoms with E-state index in [4.69, 9.17) is 5.26 Å². The van der Waals surface area contributed by atoms with Gasteiger partial charge in [-0.25, -0.2) is 0 Å². The van der Waals surface area contributed by atoms with Crippen LogP contribution in [0.3, 0.4) is 0 Å². The maximum atomic E-state index is 9.05. The van der Waals surface area contributed by atoms with Crippen LogP contribution < -0.4 is 0 Å². The Kier molecular flexibility index (Phi) is 2.54. The summed E-state index contributed by atoms with van der Waals surface area (Å²) >= 11 is 0. The van der Waals surface area contributed by atoms with Gasteiger partial charge < -0.3 is 4.57 Å². The highest BCUT2D eigenvalue weighted by Gasteiger charge is 2.23. The second-order valence-corrected chi connectivity index (χ2v) is 4.30. The summed E-state index contributed by atoms with van der Waals surface area (Å²) in [4.78, 5) is 0. The lowest BCUT2D eigenvalue weighted by Crippen LogP contribution is -2.27. The van der Waals surface area contributed by atoms with Crippen LogP contribution in [0.4, 0.5) is 0 Å². The molecule has 1 heterocycles. The van der Waals surface area contributed by atoms with Crippen LogP contribution in [0.15, 0.2) is 48.7 Å². The molecule has 0 saturated heterocycles. The number of aromatic nitrogens is 1. The zero-order valence-corrected chi connectivity index (χ0v) is 9.51. The number of nitrogens with zero attached hydrogens (tertiary/aromatic N) is 2. The van der Waals surface area contributed by atoms with E-state index < -0.39 is 0 Å². The number of benzene rings is 1. The summed E-state index contributed by atoms with van der Waals surface area (Å²) in [5.41, 5.74) is 1.69. The van der Waals surface area contributed by atoms with Gasteiger partial charge in [0, 0.05) is 6.20 Å². The van der Waals surface area contributed by atoms with E-state index in [0.717, 1.165) is 0 Å². The van der Waals surface area contributed by atoms with E-state index in [2.05, 4.69) is 32.0 Å². The summed E-state index contributed by atoms with van der Waals surface area (Å²) in [5, 5.41) is 9.05. The minimum atomic E-state index is -0.199. The number of nitriles is 1. The fraction of sp³-hybridized carbons (Fsp3) is 0.214. The first-order valence-electron chi connectivity index (χ1n) is 5.30. The quantitative estimate of drug-likeness (QED) is 0.748. The molecule has 1 aromatic carbocycles. The molecular weight excluding hydrogens is 196 g/mol. The summed E-state index contributed by atoms with van der Waals surface area (Å²) in [7, 11) is 0. The second kappa shape index (κ2) is 3.86. The van der Waals surface area contributed by atoms with Gasteiger partial charge in [-0.15, -0.1) is 0 Å². The third-order valence-electron chi connectivity index (χ3n) is 2.95. The van der Waals surface area contributed by atoms with Gasteiger partial charge in [0.25, 0.3) is 0 Å². The summed E-state index contributed by atoms with van der Waals surface area (Å²) in [5.74, 6) is 0. The molecular formula is C14H14N2. The van der Waals surface area contributed by atoms with Crippen molar-refractivity contribution < 1.29 is 0 Å². The molecule has 0 radical (unpaired) electrons. The highest BCUT2D eigenvalue weighted by Crippen LogP contribution is 2.26. The van der Waals surface area contributed by atoms with Crippen LogP contribution in [-0.4, -0.2) is 4.57 Å². The van der Waals surface area contributed by atoms with E-state index in [1.807, 2.05) is 41.1 Å². The van der Waals surface area contributed by atoms with Crippen molar-refractivity contribution in [1.82, 2.24) is 4.57 Å². The molecule has 0 spiro atoms. The van der Waals surface area contributed by atoms with Crippen LogP contribution in [0.1, 0.15) is 25.1 Å². The Bertz CT molecular complexity index is 515. The summed E-state index contributed by atoms with van der Waals surface area (Å²) < 4.78 is 2.00. The molecule has 0 fully saturated rings. The molecule has 1 aromatic heterocycles. The molecule has 80 valence electrons. The maximum Gasteiger partial charge on any atom is 0.120 e. The van der Waals surface area contributed by atoms with Crippen molar-refractivity contribution in [2.24, 2.45) is 0 Å². The van der Waals surface area contributed by atoms with Gasteiger partial charge in [0.1, 0.15) is 11.8 Å². The summed E-state index contributed by atoms with van der Waals surface area (Å²) in [6.07, 6.45) is 1.95. The van der Waals surface area contributed by atoms with Crippen molar-refractivity contribution in [3.8, 4) is 6.07 Å². The molecule has 2 rings (SSSR count). The van der Waals surface area contributed by atoms with Crippen molar-refractivity contribution in [3.63, 3.8) is 0 Å². The number of hydrogen-bond donors (Lipinski definition) is 0. The predicted molar refractivity (Wildman–Crippen MR) is 64.0 cm³/mol. The molecule has 0 saturated carbocycles. The van der Waals surface area contributed by atoms with Crippen LogP contribution in [0.25, 0.3) is 0 Å². The molecule has 0 amide bonds. The van der Waals surface area contributed by atoms with Crippen LogP contribution in [0.2, 0.25) is 0 Å². The van der Waals surface area contributed by atoms with Crippen molar-refractivity contribution in [3.05, 3.63) is 59.9 Å². The summed E-state index contributed by atoms with van der Waals surface area (Å²) in [6, 6.07) is 16.2. The van der Waals surface area contributed by atoms with Crippen LogP contribution in [0.5, 0.6) is 0 Å². The van der Waals surface area contributed by atoms with Crippen LogP contribution in [-0.2, 0) is 5.54 Å². The molecule has 16 heavy (non-hydrogen) atoms. The maximum absolute atomic E-state index is 9.05. The van der Waals surface area contributed by atoms with Crippen molar-refractivity contribution in [1.29, 1.82) is 5.26 Å². The highest BCUT2D eigenvalue weighted by molar-refractivity contribution is 5.30. The Hall–Kier alpha value is -2.01. The first-order chi connectivity index (χ1) is 7.66. The largest absolute Gasteiger partial charge is 0.330 e. The average Bonchev–Trinajstić information content (AvgIpc) is 2.79. The highest BCUT2D eigenvalue weighted by atomic mass is 15.0. The summed E-state index contributed by atoms with van der Waals surface area (Å²) in [6.45, 7) is 4.23. The average molecular weight is 210 g/mol. The third kappa shape index (κ3) is 1.61. The van der Waals surface area contributed by atoms with Gasteiger partial charge in [-0.05, 0) is 31.5 Å². The SMILES string of the molecule is CC(C)(c1ccccc1)n1cccc1C#N. The third-order valence-corrected chi connectivity index (χ3v) is 2.95. The molecule has 0 aliphatic rings. The topological polar surface area (TPSA) is 28.7 Å². The minimum Gasteiger partial charge on any atom is -0.330 e. The zero-order valence-electron chi connectivity index (χ0n) is 9.51. The molecule has 2 heteroatoms. The first kappa shape index (κ1) is 10.5. The lowest BCUT2D eigenvalue weighted by molar-refractivity contribution is 0.434. The lowest BCUT2D eigenvalue weighted by atomic mass is 9.94. The Morgan fingerprint density at radius 2 is 1.75 bits per heavy atom. The Morgan fingerprint density at radius 1 is 1.06 bits per heavy atom. The molecule has 2 nitrogen and oxygen atoms in total. The molecule has 0 bridgehead atoms. The fourth-order valence-electron chi connectivity index (χ4n) is 1.94. The Morgan fingerprint density at radius 3 is 2.38 bits per heavy atom. The van der Waals surface area contributed by atoms with E-state index in [1.165, 1.54) is 5.56 Å². The van der Waals surface area contributed by atoms with Gasteiger partial charge in [-0.2, -0.15) is 5.26 Å². The minimum absolute atomic E-state index is 0.199. The monoisotopic (exact) mass is 210 g/mol. The van der Waals surface area contributed by atoms with Gasteiger partial charge in [0.05, 0.1) is 5.54 Å². The standard InChI is InChI=1S/C14H14N2/c1-14(2,12-7-4-3-5-8-12)16-10-6-9-13(16)11-15/h3-10H,1-2H3. The van der Waals surface area contributed by atoms with Crippen molar-refractivity contribution >= 4 is 0 Å². The molecule has 0 aliphatic heterocycles. The van der Waals surface area contributed by atoms with Gasteiger partial charge in [-0.3, -0.25) is 0 Å². The first-order valence-corrected chi connectivity index (χ1v) is 5.30. The normalized spacial score (nSPS) is 11.1. The zero-order chi connectivity index (χ0) is 11.6. The van der Waals surface area contributed by atoms with Gasteiger partial charge in [-0.1, -0.05) is 30.3 Å². The van der Waals surface area contributed by atoms with Crippen LogP contribution in [0, 0.1) is 11.3 Å². The van der Waals surface area contributed by atoms with Crippen molar-refractivity contribution in [2.75, 3.05) is 0 Å². The number of hydrogen-bond acceptors (Lipinski definition) is 1. The molecule has 0 N–H and O–H groups in total. The Labute approximate surface area is 95.8 Å². The van der Waals surface area contributed by atoms with Gasteiger partial charge >= 0.3 is 0 Å². The van der Waals surface area contributed by atoms with E-state index in [1.54, 1.807) is 0 Å². The smallest absolute Gasteiger partial charge is 0.120 e. The van der Waals surface area contributed by atoms with E-state index in [9.17, 15) is 0 Å². The van der Waals surface area contributed by atoms with Gasteiger partial charge in [0.15, 0.2) is 0 Å². The fourth-order valence-corrected chi connectivity index (χ4v) is 1.94. The predicted octanol–water partition coefficient (Wildman–Crippen LogP) is 3.14. The van der Waals surface area contributed by atoms with Gasteiger partial charge in [0.2, 0.25) is 0 Å². The van der Waals surface area contributed by atoms with E-state index >= 15 is 0 Å². The van der Waals surface area contributed by atoms with Crippen LogP contribution >= 0.6 is 0 Å². The molecule has 0 unspecified atom stereocenters. The van der Waals surface area contributed by atoms with E-state index in [-0.39, 0.29) is 5.54 Å². The lowest BCUT2D eigenvalue weighted by Gasteiger charge is -2.28. The molecule has 2 aromatic rings. The molecule has 0 aliphatic carbocycles. The van der Waals surface area contributed by atoms with E-state index in [0.29, 0.717) is 5.69 Å². The second-order valence-electron chi connectivity index (χ2n) is 4.30. The molecule has 0 atom stereocenters.